The van der Waals surface area contributed by atoms with E-state index in [9.17, 15) is 4.79 Å². The number of fused-ring (bicyclic) bond motifs is 1. The van der Waals surface area contributed by atoms with Crippen molar-refractivity contribution in [2.24, 2.45) is 0 Å². The molecule has 2 N–H and O–H groups in total. The van der Waals surface area contributed by atoms with E-state index < -0.39 is 0 Å². The van der Waals surface area contributed by atoms with Crippen molar-refractivity contribution in [1.29, 1.82) is 0 Å². The highest BCUT2D eigenvalue weighted by atomic mass is 79.9. The van der Waals surface area contributed by atoms with E-state index >= 15 is 0 Å². The highest BCUT2D eigenvalue weighted by molar-refractivity contribution is 9.10. The molecule has 1 heterocycles. The average molecular weight is 343 g/mol. The smallest absolute Gasteiger partial charge is 0.272 e. The van der Waals surface area contributed by atoms with Gasteiger partial charge in [0.15, 0.2) is 0 Å². The van der Waals surface area contributed by atoms with Crippen LogP contribution in [0, 0.1) is 13.8 Å². The third-order valence-corrected chi connectivity index (χ3v) is 4.48. The minimum absolute atomic E-state index is 0.126. The van der Waals surface area contributed by atoms with Gasteiger partial charge in [0.1, 0.15) is 5.69 Å². The number of aryl methyl sites for hydroxylation is 2. The van der Waals surface area contributed by atoms with Gasteiger partial charge in [0, 0.05) is 21.1 Å². The molecule has 0 radical (unpaired) electrons. The van der Waals surface area contributed by atoms with Gasteiger partial charge in [0.05, 0.1) is 0 Å². The second kappa shape index (κ2) is 5.37. The Labute approximate surface area is 131 Å². The number of aromatic nitrogens is 1. The molecule has 2 aromatic carbocycles. The molecule has 0 atom stereocenters. The largest absolute Gasteiger partial charge is 0.350 e. The maximum absolute atomic E-state index is 12.4. The van der Waals surface area contributed by atoms with Crippen molar-refractivity contribution in [1.82, 2.24) is 4.98 Å². The van der Waals surface area contributed by atoms with E-state index in [2.05, 4.69) is 26.2 Å². The van der Waals surface area contributed by atoms with E-state index in [1.54, 1.807) is 0 Å². The fraction of sp³-hybridized carbons (Fsp3) is 0.118. The van der Waals surface area contributed by atoms with Crippen LogP contribution >= 0.6 is 15.9 Å². The summed E-state index contributed by atoms with van der Waals surface area (Å²) in [7, 11) is 0. The molecule has 3 rings (SSSR count). The highest BCUT2D eigenvalue weighted by Gasteiger charge is 2.14. The SMILES string of the molecule is Cc1ccc(NC(=O)c2[nH]c3ccccc3c2C)cc1Br. The van der Waals surface area contributed by atoms with Crippen molar-refractivity contribution in [2.75, 3.05) is 5.32 Å². The summed E-state index contributed by atoms with van der Waals surface area (Å²) in [6.07, 6.45) is 0. The number of H-pyrrole nitrogens is 1. The molecule has 21 heavy (non-hydrogen) atoms. The van der Waals surface area contributed by atoms with E-state index in [1.165, 1.54) is 0 Å². The second-order valence-electron chi connectivity index (χ2n) is 5.09. The van der Waals surface area contributed by atoms with Crippen LogP contribution in [0.3, 0.4) is 0 Å². The molecule has 3 aromatic rings. The molecule has 0 aliphatic heterocycles. The highest BCUT2D eigenvalue weighted by Crippen LogP contribution is 2.24. The second-order valence-corrected chi connectivity index (χ2v) is 5.94. The van der Waals surface area contributed by atoms with Crippen molar-refractivity contribution in [3.8, 4) is 0 Å². The van der Waals surface area contributed by atoms with Gasteiger partial charge in [-0.1, -0.05) is 40.2 Å². The number of carbonyl (C=O) groups excluding carboxylic acids is 1. The maximum Gasteiger partial charge on any atom is 0.272 e. The summed E-state index contributed by atoms with van der Waals surface area (Å²) in [4.78, 5) is 15.6. The number of amides is 1. The molecule has 106 valence electrons. The number of benzene rings is 2. The summed E-state index contributed by atoms with van der Waals surface area (Å²) in [5.41, 5.74) is 4.46. The first-order valence-electron chi connectivity index (χ1n) is 6.71. The van der Waals surface area contributed by atoms with Crippen LogP contribution in [0.25, 0.3) is 10.9 Å². The van der Waals surface area contributed by atoms with Gasteiger partial charge in [-0.2, -0.15) is 0 Å². The Balaban J connectivity index is 1.93. The number of hydrogen-bond acceptors (Lipinski definition) is 1. The van der Waals surface area contributed by atoms with Crippen molar-refractivity contribution in [2.45, 2.75) is 13.8 Å². The molecule has 1 aromatic heterocycles. The quantitative estimate of drug-likeness (QED) is 0.690. The number of nitrogens with one attached hydrogen (secondary N) is 2. The molecule has 3 nitrogen and oxygen atoms in total. The predicted octanol–water partition coefficient (Wildman–Crippen LogP) is 4.80. The molecule has 0 saturated heterocycles. The minimum Gasteiger partial charge on any atom is -0.350 e. The molecule has 0 saturated carbocycles. The van der Waals surface area contributed by atoms with Gasteiger partial charge in [-0.25, -0.2) is 0 Å². The van der Waals surface area contributed by atoms with Crippen LogP contribution in [-0.4, -0.2) is 10.9 Å². The first-order valence-corrected chi connectivity index (χ1v) is 7.50. The summed E-state index contributed by atoms with van der Waals surface area (Å²) in [5, 5.41) is 4.00. The zero-order valence-corrected chi connectivity index (χ0v) is 13.4. The number of anilines is 1. The molecule has 4 heteroatoms. The monoisotopic (exact) mass is 342 g/mol. The Hall–Kier alpha value is -2.07. The molecule has 0 aliphatic carbocycles. The Bertz CT molecular complexity index is 836. The van der Waals surface area contributed by atoms with E-state index in [0.29, 0.717) is 5.69 Å². The zero-order valence-electron chi connectivity index (χ0n) is 11.8. The van der Waals surface area contributed by atoms with Gasteiger partial charge in [-0.3, -0.25) is 4.79 Å². The van der Waals surface area contributed by atoms with Gasteiger partial charge in [-0.15, -0.1) is 0 Å². The third kappa shape index (κ3) is 2.59. The molecule has 1 amide bonds. The number of carbonyl (C=O) groups is 1. The summed E-state index contributed by atoms with van der Waals surface area (Å²) < 4.78 is 0.980. The lowest BCUT2D eigenvalue weighted by Crippen LogP contribution is -2.13. The molecule has 0 unspecified atom stereocenters. The maximum atomic E-state index is 12.4. The Morgan fingerprint density at radius 2 is 1.90 bits per heavy atom. The number of hydrogen-bond donors (Lipinski definition) is 2. The predicted molar refractivity (Wildman–Crippen MR) is 89.9 cm³/mol. The fourth-order valence-electron chi connectivity index (χ4n) is 2.37. The standard InChI is InChI=1S/C17H15BrN2O/c1-10-7-8-12(9-14(10)18)19-17(21)16-11(2)13-5-3-4-6-15(13)20-16/h3-9,20H,1-2H3,(H,19,21). The summed E-state index contributed by atoms with van der Waals surface area (Å²) in [5.74, 6) is -0.126. The number of rotatable bonds is 2. The molecule has 0 spiro atoms. The van der Waals surface area contributed by atoms with Gasteiger partial charge in [-0.05, 0) is 43.2 Å². The van der Waals surface area contributed by atoms with Crippen molar-refractivity contribution >= 4 is 38.4 Å². The van der Waals surface area contributed by atoms with Crippen LogP contribution in [0.2, 0.25) is 0 Å². The van der Waals surface area contributed by atoms with Gasteiger partial charge in [0.25, 0.3) is 5.91 Å². The number of halogens is 1. The van der Waals surface area contributed by atoms with E-state index in [0.717, 1.165) is 32.2 Å². The third-order valence-electron chi connectivity index (χ3n) is 3.62. The van der Waals surface area contributed by atoms with Gasteiger partial charge < -0.3 is 10.3 Å². The molecule has 0 fully saturated rings. The van der Waals surface area contributed by atoms with Crippen LogP contribution in [0.15, 0.2) is 46.9 Å². The van der Waals surface area contributed by atoms with Crippen LogP contribution in [0.5, 0.6) is 0 Å². The lowest BCUT2D eigenvalue weighted by Gasteiger charge is -2.06. The molecule has 0 aliphatic rings. The van der Waals surface area contributed by atoms with E-state index in [4.69, 9.17) is 0 Å². The first-order chi connectivity index (χ1) is 10.1. The lowest BCUT2D eigenvalue weighted by atomic mass is 10.1. The van der Waals surface area contributed by atoms with Crippen LogP contribution < -0.4 is 5.32 Å². The zero-order chi connectivity index (χ0) is 15.0. The number of aromatic amines is 1. The van der Waals surface area contributed by atoms with Crippen molar-refractivity contribution < 1.29 is 4.79 Å². The Morgan fingerprint density at radius 3 is 2.62 bits per heavy atom. The molecular weight excluding hydrogens is 328 g/mol. The fourth-order valence-corrected chi connectivity index (χ4v) is 2.75. The summed E-state index contributed by atoms with van der Waals surface area (Å²) in [6, 6.07) is 13.7. The lowest BCUT2D eigenvalue weighted by molar-refractivity contribution is 0.102. The normalized spacial score (nSPS) is 10.8. The Kier molecular flexibility index (Phi) is 3.55. The molecule has 0 bridgehead atoms. The Morgan fingerprint density at radius 1 is 1.14 bits per heavy atom. The van der Waals surface area contributed by atoms with E-state index in [-0.39, 0.29) is 5.91 Å². The number of para-hydroxylation sites is 1. The molecular formula is C17H15BrN2O. The van der Waals surface area contributed by atoms with Gasteiger partial charge >= 0.3 is 0 Å². The average Bonchev–Trinajstić information content (AvgIpc) is 2.81. The summed E-state index contributed by atoms with van der Waals surface area (Å²) >= 11 is 3.48. The van der Waals surface area contributed by atoms with Gasteiger partial charge in [0.2, 0.25) is 0 Å². The van der Waals surface area contributed by atoms with E-state index in [1.807, 2.05) is 56.3 Å². The van der Waals surface area contributed by atoms with Crippen molar-refractivity contribution in [3.63, 3.8) is 0 Å². The minimum atomic E-state index is -0.126. The first kappa shape index (κ1) is 13.9. The van der Waals surface area contributed by atoms with Crippen LogP contribution in [-0.2, 0) is 0 Å². The topological polar surface area (TPSA) is 44.9 Å². The summed E-state index contributed by atoms with van der Waals surface area (Å²) in [6.45, 7) is 3.97. The van der Waals surface area contributed by atoms with Crippen LogP contribution in [0.4, 0.5) is 5.69 Å². The van der Waals surface area contributed by atoms with Crippen LogP contribution in [0.1, 0.15) is 21.6 Å². The van der Waals surface area contributed by atoms with Crippen molar-refractivity contribution in [3.05, 3.63) is 63.8 Å².